The molecule has 3 rings (SSSR count). The first-order valence-corrected chi connectivity index (χ1v) is 9.62. The maximum absolute atomic E-state index is 12.3. The largest absolute Gasteiger partial charge is 0.489 e. The van der Waals surface area contributed by atoms with Gasteiger partial charge in [0.25, 0.3) is 5.91 Å². The lowest BCUT2D eigenvalue weighted by Crippen LogP contribution is -2.35. The molecule has 1 aliphatic heterocycles. The predicted molar refractivity (Wildman–Crippen MR) is 91.7 cm³/mol. The van der Waals surface area contributed by atoms with Gasteiger partial charge in [-0.25, -0.2) is 8.42 Å². The summed E-state index contributed by atoms with van der Waals surface area (Å²) in [6, 6.07) is 16.4. The Morgan fingerprint density at radius 1 is 1.12 bits per heavy atom. The summed E-state index contributed by atoms with van der Waals surface area (Å²) < 4.78 is 28.6. The number of carbonyl (C=O) groups is 1. The molecule has 24 heavy (non-hydrogen) atoms. The van der Waals surface area contributed by atoms with Crippen LogP contribution in [-0.4, -0.2) is 31.9 Å². The van der Waals surface area contributed by atoms with E-state index in [9.17, 15) is 13.2 Å². The second-order valence-corrected chi connectivity index (χ2v) is 8.10. The first-order valence-electron chi connectivity index (χ1n) is 7.80. The number of rotatable bonds is 5. The van der Waals surface area contributed by atoms with E-state index in [-0.39, 0.29) is 23.5 Å². The molecule has 6 heteroatoms. The highest BCUT2D eigenvalue weighted by Crippen LogP contribution is 2.17. The molecule has 0 spiro atoms. The van der Waals surface area contributed by atoms with Gasteiger partial charge in [0.05, 0.1) is 11.5 Å². The van der Waals surface area contributed by atoms with Crippen LogP contribution in [0.25, 0.3) is 0 Å². The molecule has 1 atom stereocenters. The number of sulfone groups is 1. The Morgan fingerprint density at radius 2 is 1.92 bits per heavy atom. The van der Waals surface area contributed by atoms with Crippen LogP contribution in [0.5, 0.6) is 5.75 Å². The summed E-state index contributed by atoms with van der Waals surface area (Å²) in [6.07, 6.45) is 0.471. The maximum atomic E-state index is 12.3. The van der Waals surface area contributed by atoms with Gasteiger partial charge in [0.1, 0.15) is 12.4 Å². The number of benzene rings is 2. The third-order valence-electron chi connectivity index (χ3n) is 3.91. The molecule has 0 saturated carbocycles. The van der Waals surface area contributed by atoms with E-state index in [2.05, 4.69) is 5.32 Å². The highest BCUT2D eigenvalue weighted by molar-refractivity contribution is 7.91. The van der Waals surface area contributed by atoms with Crippen molar-refractivity contribution in [2.75, 3.05) is 11.5 Å². The van der Waals surface area contributed by atoms with Gasteiger partial charge < -0.3 is 10.1 Å². The Bertz CT molecular complexity index is 818. The van der Waals surface area contributed by atoms with Gasteiger partial charge >= 0.3 is 0 Å². The van der Waals surface area contributed by atoms with E-state index in [0.717, 1.165) is 5.56 Å². The van der Waals surface area contributed by atoms with Crippen molar-refractivity contribution < 1.29 is 17.9 Å². The topological polar surface area (TPSA) is 72.5 Å². The molecule has 126 valence electrons. The van der Waals surface area contributed by atoms with Crippen molar-refractivity contribution in [1.82, 2.24) is 5.32 Å². The molecule has 1 aliphatic rings. The van der Waals surface area contributed by atoms with E-state index < -0.39 is 9.84 Å². The molecule has 0 aromatic heterocycles. The van der Waals surface area contributed by atoms with E-state index in [1.807, 2.05) is 30.3 Å². The molecule has 1 saturated heterocycles. The molecular formula is C18H19NO4S. The van der Waals surface area contributed by atoms with Crippen LogP contribution in [-0.2, 0) is 16.4 Å². The van der Waals surface area contributed by atoms with Crippen molar-refractivity contribution in [1.29, 1.82) is 0 Å². The summed E-state index contributed by atoms with van der Waals surface area (Å²) in [5.74, 6) is 0.481. The molecule has 1 unspecified atom stereocenters. The highest BCUT2D eigenvalue weighted by Gasteiger charge is 2.29. The smallest absolute Gasteiger partial charge is 0.251 e. The predicted octanol–water partition coefficient (Wildman–Crippen LogP) is 2.18. The van der Waals surface area contributed by atoms with Crippen molar-refractivity contribution in [3.63, 3.8) is 0 Å². The normalized spacial score (nSPS) is 18.9. The van der Waals surface area contributed by atoms with Crippen LogP contribution in [0.2, 0.25) is 0 Å². The average Bonchev–Trinajstić information content (AvgIpc) is 2.93. The minimum atomic E-state index is -3.01. The third-order valence-corrected chi connectivity index (χ3v) is 5.68. The number of hydrogen-bond acceptors (Lipinski definition) is 4. The van der Waals surface area contributed by atoms with Gasteiger partial charge in [-0.15, -0.1) is 0 Å². The standard InChI is InChI=1S/C18H19NO4S/c20-18(19-16-9-10-24(21,22)13-16)15-7-4-8-17(11-15)23-12-14-5-2-1-3-6-14/h1-8,11,16H,9-10,12-13H2,(H,19,20). The Labute approximate surface area is 141 Å². The summed E-state index contributed by atoms with van der Waals surface area (Å²) in [7, 11) is -3.01. The van der Waals surface area contributed by atoms with Crippen LogP contribution in [0, 0.1) is 0 Å². The zero-order chi connectivity index (χ0) is 17.0. The van der Waals surface area contributed by atoms with Crippen LogP contribution in [0.3, 0.4) is 0 Å². The monoisotopic (exact) mass is 345 g/mol. The van der Waals surface area contributed by atoms with Crippen molar-refractivity contribution in [2.45, 2.75) is 19.1 Å². The SMILES string of the molecule is O=C(NC1CCS(=O)(=O)C1)c1cccc(OCc2ccccc2)c1. The van der Waals surface area contributed by atoms with E-state index >= 15 is 0 Å². The van der Waals surface area contributed by atoms with Crippen LogP contribution in [0.15, 0.2) is 54.6 Å². The fourth-order valence-electron chi connectivity index (χ4n) is 2.65. The van der Waals surface area contributed by atoms with Crippen molar-refractivity contribution in [2.24, 2.45) is 0 Å². The molecule has 0 aliphatic carbocycles. The highest BCUT2D eigenvalue weighted by atomic mass is 32.2. The fourth-order valence-corrected chi connectivity index (χ4v) is 4.32. The molecule has 2 aromatic rings. The number of nitrogens with one attached hydrogen (secondary N) is 1. The molecule has 1 N–H and O–H groups in total. The first-order chi connectivity index (χ1) is 11.5. The number of amides is 1. The number of ether oxygens (including phenoxy) is 1. The average molecular weight is 345 g/mol. The quantitative estimate of drug-likeness (QED) is 0.901. The second kappa shape index (κ2) is 7.05. The zero-order valence-electron chi connectivity index (χ0n) is 13.1. The molecular weight excluding hydrogens is 326 g/mol. The summed E-state index contributed by atoms with van der Waals surface area (Å²) in [4.78, 5) is 12.3. The molecule has 1 fully saturated rings. The van der Waals surface area contributed by atoms with E-state index in [4.69, 9.17) is 4.74 Å². The van der Waals surface area contributed by atoms with Crippen LogP contribution in [0.4, 0.5) is 0 Å². The van der Waals surface area contributed by atoms with Gasteiger partial charge in [-0.2, -0.15) is 0 Å². The van der Waals surface area contributed by atoms with Crippen LogP contribution in [0.1, 0.15) is 22.3 Å². The van der Waals surface area contributed by atoms with Gasteiger partial charge in [-0.05, 0) is 30.2 Å². The van der Waals surface area contributed by atoms with Gasteiger partial charge in [0, 0.05) is 11.6 Å². The fraction of sp³-hybridized carbons (Fsp3) is 0.278. The third kappa shape index (κ3) is 4.35. The zero-order valence-corrected chi connectivity index (χ0v) is 14.0. The van der Waals surface area contributed by atoms with Gasteiger partial charge in [0.15, 0.2) is 9.84 Å². The molecule has 2 aromatic carbocycles. The Balaban J connectivity index is 1.61. The summed E-state index contributed by atoms with van der Waals surface area (Å²) >= 11 is 0. The second-order valence-electron chi connectivity index (χ2n) is 5.88. The maximum Gasteiger partial charge on any atom is 0.251 e. The van der Waals surface area contributed by atoms with E-state index in [1.165, 1.54) is 0 Å². The van der Waals surface area contributed by atoms with Crippen LogP contribution >= 0.6 is 0 Å². The first kappa shape index (κ1) is 16.5. The lowest BCUT2D eigenvalue weighted by Gasteiger charge is -2.12. The molecule has 1 amide bonds. The summed E-state index contributed by atoms with van der Waals surface area (Å²) in [5.41, 5.74) is 1.51. The number of carbonyl (C=O) groups excluding carboxylic acids is 1. The Kier molecular flexibility index (Phi) is 4.85. The Morgan fingerprint density at radius 3 is 2.62 bits per heavy atom. The summed E-state index contributed by atoms with van der Waals surface area (Å²) in [5, 5.41) is 2.78. The van der Waals surface area contributed by atoms with Crippen molar-refractivity contribution in [3.05, 3.63) is 65.7 Å². The van der Waals surface area contributed by atoms with Gasteiger partial charge in [0.2, 0.25) is 0 Å². The molecule has 0 radical (unpaired) electrons. The van der Waals surface area contributed by atoms with Crippen molar-refractivity contribution >= 4 is 15.7 Å². The number of hydrogen-bond donors (Lipinski definition) is 1. The van der Waals surface area contributed by atoms with Crippen LogP contribution < -0.4 is 10.1 Å². The van der Waals surface area contributed by atoms with Gasteiger partial charge in [-0.1, -0.05) is 36.4 Å². The van der Waals surface area contributed by atoms with E-state index in [0.29, 0.717) is 24.3 Å². The minimum Gasteiger partial charge on any atom is -0.489 e. The minimum absolute atomic E-state index is 0.0168. The van der Waals surface area contributed by atoms with Crippen molar-refractivity contribution in [3.8, 4) is 5.75 Å². The lowest BCUT2D eigenvalue weighted by molar-refractivity contribution is 0.0940. The lowest BCUT2D eigenvalue weighted by atomic mass is 10.1. The summed E-state index contributed by atoms with van der Waals surface area (Å²) in [6.45, 7) is 0.423. The molecule has 1 heterocycles. The molecule has 5 nitrogen and oxygen atoms in total. The van der Waals surface area contributed by atoms with Gasteiger partial charge in [-0.3, -0.25) is 4.79 Å². The Hall–Kier alpha value is -2.34. The van der Waals surface area contributed by atoms with E-state index in [1.54, 1.807) is 24.3 Å². The molecule has 0 bridgehead atoms.